The third kappa shape index (κ3) is 5.52. The summed E-state index contributed by atoms with van der Waals surface area (Å²) in [6.45, 7) is -10.4. The van der Waals surface area contributed by atoms with Crippen LogP contribution in [0.2, 0.25) is 0 Å². The van der Waals surface area contributed by atoms with Crippen LogP contribution in [-0.2, 0) is 43.9 Å². The SMILES string of the molecule is Nc1nc2c(ncn2[C@@H]2O[C@@H]3COP(O)(=S)O[C@H]4[C@H](F)[C@H](n5nnc6c(=O)[nH]cnc65)O[C@@H]4COP(=O)(S)O[C@@H]2[C@H]3F)c(=O)[nH]1. The van der Waals surface area contributed by atoms with Crippen molar-refractivity contribution in [3.63, 3.8) is 0 Å². The van der Waals surface area contributed by atoms with Gasteiger partial charge in [0.2, 0.25) is 5.95 Å². The van der Waals surface area contributed by atoms with Gasteiger partial charge >= 0.3 is 13.5 Å². The van der Waals surface area contributed by atoms with Crippen molar-refractivity contribution < 1.29 is 45.8 Å². The average molecular weight is 713 g/mol. The second-order valence-corrected chi connectivity index (χ2v) is 15.6. The van der Waals surface area contributed by atoms with Crippen LogP contribution in [0.15, 0.2) is 22.2 Å². The Kier molecular flexibility index (Phi) is 7.68. The number of H-pyrrole nitrogens is 2. The molecule has 4 aromatic heterocycles. The van der Waals surface area contributed by atoms with E-state index in [0.29, 0.717) is 0 Å². The number of ether oxygens (including phenoxy) is 2. The normalized spacial score (nSPS) is 37.7. The molecule has 0 amide bonds. The van der Waals surface area contributed by atoms with Gasteiger partial charge in [0.1, 0.15) is 24.4 Å². The van der Waals surface area contributed by atoms with E-state index >= 15 is 8.78 Å². The Morgan fingerprint density at radius 2 is 1.78 bits per heavy atom. The molecule has 4 aromatic rings. The molecular weight excluding hydrogens is 692 g/mol. The summed E-state index contributed by atoms with van der Waals surface area (Å²) in [5.41, 5.74) is 3.69. The Bertz CT molecular complexity index is 2010. The summed E-state index contributed by atoms with van der Waals surface area (Å²) in [4.78, 5) is 51.7. The number of rotatable bonds is 2. The van der Waals surface area contributed by atoms with Gasteiger partial charge in [-0.25, -0.2) is 23.3 Å². The first-order valence-corrected chi connectivity index (χ1v) is 18.0. The molecule has 0 aromatic carbocycles. The lowest BCUT2D eigenvalue weighted by atomic mass is 10.1. The van der Waals surface area contributed by atoms with Gasteiger partial charge in [0, 0.05) is 0 Å². The highest BCUT2D eigenvalue weighted by Gasteiger charge is 2.54. The monoisotopic (exact) mass is 712 g/mol. The summed E-state index contributed by atoms with van der Waals surface area (Å²) in [7, 11) is 0. The van der Waals surface area contributed by atoms with E-state index in [-0.39, 0.29) is 28.3 Å². The molecule has 7 heterocycles. The van der Waals surface area contributed by atoms with E-state index in [2.05, 4.69) is 47.5 Å². The van der Waals surface area contributed by atoms with Gasteiger partial charge in [0.15, 0.2) is 47.1 Å². The molecule has 3 fully saturated rings. The molecule has 3 saturated heterocycles. The summed E-state index contributed by atoms with van der Waals surface area (Å²) in [5.74, 6) is -0.276. The summed E-state index contributed by atoms with van der Waals surface area (Å²) in [5, 5.41) is 7.45. The van der Waals surface area contributed by atoms with Crippen LogP contribution in [0.3, 0.4) is 0 Å². The molecular formula is C19H20F2N10O10P2S2. The van der Waals surface area contributed by atoms with Gasteiger partial charge in [-0.3, -0.25) is 32.7 Å². The minimum Gasteiger partial charge on any atom is -0.369 e. The van der Waals surface area contributed by atoms with Gasteiger partial charge in [-0.1, -0.05) is 17.5 Å². The predicted octanol–water partition coefficient (Wildman–Crippen LogP) is -0.227. The van der Waals surface area contributed by atoms with Crippen LogP contribution >= 0.6 is 25.8 Å². The zero-order valence-corrected chi connectivity index (χ0v) is 25.5. The number of aromatic nitrogens is 9. The standard InChI is InChI=1S/C19H20F2N10O10P2S2/c20-7-5-1-36-42(34,44)40-11-6(39-17(8(11)21)31-13-10(28-29-31)15(32)24-3-23-13)2-37-43(35,45)41-12(7)18(38-5)30-4-25-9-14(30)26-19(22)27-16(9)33/h3-8,11-12,17-18H,1-2H2,(H,34,44)(H,35,45)(H,23,24,32)(H3,22,26,27,33)/t5-,6-,7+,8+,11-,12-,17-,18-,42?,43?/m1/s1. The number of alkyl halides is 2. The van der Waals surface area contributed by atoms with Crippen LogP contribution in [0, 0.1) is 0 Å². The number of hydrogen-bond donors (Lipinski definition) is 5. The number of aromatic amines is 2. The molecule has 20 nitrogen and oxygen atoms in total. The maximum atomic E-state index is 15.9. The van der Waals surface area contributed by atoms with Crippen molar-refractivity contribution in [2.75, 3.05) is 18.9 Å². The molecule has 0 spiro atoms. The maximum absolute atomic E-state index is 15.9. The maximum Gasteiger partial charge on any atom is 0.386 e. The van der Waals surface area contributed by atoms with E-state index in [0.717, 1.165) is 21.9 Å². The molecule has 45 heavy (non-hydrogen) atoms. The molecule has 0 saturated carbocycles. The summed E-state index contributed by atoms with van der Waals surface area (Å²) in [6.07, 6.45) is -11.7. The van der Waals surface area contributed by atoms with E-state index in [1.54, 1.807) is 0 Å². The van der Waals surface area contributed by atoms with Gasteiger partial charge in [0.05, 0.1) is 25.9 Å². The average Bonchev–Trinajstić information content (AvgIpc) is 3.72. The van der Waals surface area contributed by atoms with Crippen LogP contribution in [0.25, 0.3) is 22.3 Å². The van der Waals surface area contributed by atoms with Crippen molar-refractivity contribution in [3.8, 4) is 0 Å². The number of hydrogen-bond acceptors (Lipinski definition) is 16. The van der Waals surface area contributed by atoms with Crippen molar-refractivity contribution in [2.45, 2.75) is 49.2 Å². The van der Waals surface area contributed by atoms with Crippen LogP contribution < -0.4 is 16.9 Å². The topological polar surface area (TPSA) is 259 Å². The van der Waals surface area contributed by atoms with Gasteiger partial charge in [-0.15, -0.1) is 5.10 Å². The first-order chi connectivity index (χ1) is 21.3. The minimum atomic E-state index is -4.52. The lowest BCUT2D eigenvalue weighted by Crippen LogP contribution is -2.34. The number of nitrogens with zero attached hydrogens (tertiary/aromatic N) is 7. The van der Waals surface area contributed by atoms with Gasteiger partial charge in [-0.05, 0) is 11.8 Å². The lowest BCUT2D eigenvalue weighted by molar-refractivity contribution is -0.0597. The summed E-state index contributed by atoms with van der Waals surface area (Å²) < 4.78 is 80.3. The molecule has 3 aliphatic heterocycles. The van der Waals surface area contributed by atoms with Crippen molar-refractivity contribution >= 4 is 65.8 Å². The molecule has 10 atom stereocenters. The third-order valence-electron chi connectivity index (χ3n) is 7.08. The summed E-state index contributed by atoms with van der Waals surface area (Å²) in [6, 6.07) is 0. The predicted molar refractivity (Wildman–Crippen MR) is 151 cm³/mol. The quantitative estimate of drug-likeness (QED) is 0.133. The highest BCUT2D eigenvalue weighted by Crippen LogP contribution is 2.58. The van der Waals surface area contributed by atoms with Crippen molar-refractivity contribution in [1.29, 1.82) is 0 Å². The second-order valence-electron chi connectivity index (χ2n) is 9.90. The number of thiol groups is 1. The molecule has 3 aliphatic rings. The lowest BCUT2D eigenvalue weighted by Gasteiger charge is -2.26. The first kappa shape index (κ1) is 30.9. The molecule has 2 unspecified atom stereocenters. The number of anilines is 1. The number of nitrogen functional groups attached to an aromatic ring is 1. The molecule has 242 valence electrons. The number of nitrogens with two attached hydrogens (primary N) is 1. The van der Waals surface area contributed by atoms with Crippen LogP contribution in [-0.4, -0.2) is 99.3 Å². The zero-order chi connectivity index (χ0) is 31.8. The fraction of sp³-hybridized carbons (Fsp3) is 0.526. The van der Waals surface area contributed by atoms with Crippen molar-refractivity contribution in [3.05, 3.63) is 33.4 Å². The van der Waals surface area contributed by atoms with Crippen molar-refractivity contribution in [2.24, 2.45) is 0 Å². The van der Waals surface area contributed by atoms with E-state index in [4.69, 9.17) is 45.1 Å². The van der Waals surface area contributed by atoms with Crippen LogP contribution in [0.4, 0.5) is 14.7 Å². The van der Waals surface area contributed by atoms with Crippen LogP contribution in [0.1, 0.15) is 12.5 Å². The minimum absolute atomic E-state index is 0.116. The fourth-order valence-corrected chi connectivity index (χ4v) is 7.99. The van der Waals surface area contributed by atoms with E-state index in [1.165, 1.54) is 0 Å². The molecule has 2 bridgehead atoms. The Balaban J connectivity index is 1.21. The van der Waals surface area contributed by atoms with Crippen LogP contribution in [0.5, 0.6) is 0 Å². The largest absolute Gasteiger partial charge is 0.386 e. The van der Waals surface area contributed by atoms with Gasteiger partial charge < -0.3 is 29.6 Å². The van der Waals surface area contributed by atoms with E-state index < -0.39 is 87.1 Å². The second kappa shape index (κ2) is 11.2. The molecule has 7 rings (SSSR count). The summed E-state index contributed by atoms with van der Waals surface area (Å²) >= 11 is 9.04. The van der Waals surface area contributed by atoms with E-state index in [9.17, 15) is 19.0 Å². The Hall–Kier alpha value is -2.76. The third-order valence-corrected chi connectivity index (χ3v) is 10.3. The highest BCUT2D eigenvalue weighted by molar-refractivity contribution is 8.44. The first-order valence-electron chi connectivity index (χ1n) is 12.7. The molecule has 5 N–H and O–H groups in total. The zero-order valence-electron chi connectivity index (χ0n) is 22.0. The molecule has 0 aliphatic carbocycles. The van der Waals surface area contributed by atoms with Crippen molar-refractivity contribution in [1.82, 2.24) is 44.5 Å². The van der Waals surface area contributed by atoms with E-state index in [1.807, 2.05) is 0 Å². The number of halogens is 2. The van der Waals surface area contributed by atoms with Gasteiger partial charge in [0.25, 0.3) is 11.1 Å². The fourth-order valence-electron chi connectivity index (χ4n) is 5.10. The molecule has 26 heteroatoms. The number of imidazole rings is 1. The molecule has 0 radical (unpaired) electrons. The Labute approximate surface area is 257 Å². The number of fused-ring (bicyclic) bond motifs is 5. The van der Waals surface area contributed by atoms with Gasteiger partial charge in [-0.2, -0.15) is 9.67 Å². The smallest absolute Gasteiger partial charge is 0.369 e. The Morgan fingerprint density at radius 3 is 2.58 bits per heavy atom. The number of nitrogens with one attached hydrogen (secondary N) is 2. The highest BCUT2D eigenvalue weighted by atomic mass is 32.7. The Morgan fingerprint density at radius 1 is 1.02 bits per heavy atom.